The van der Waals surface area contributed by atoms with Crippen LogP contribution in [0.2, 0.25) is 0 Å². The van der Waals surface area contributed by atoms with E-state index in [0.29, 0.717) is 28.9 Å². The Bertz CT molecular complexity index is 3150. The van der Waals surface area contributed by atoms with Crippen molar-refractivity contribution in [2.75, 3.05) is 0 Å². The largest absolute Gasteiger partial charge is 0.456 e. The van der Waals surface area contributed by atoms with Gasteiger partial charge in [-0.25, -0.2) is 19.9 Å². The molecule has 11 aromatic rings. The number of nitrogens with zero attached hydrogens (tertiary/aromatic N) is 4. The zero-order valence-electron chi connectivity index (χ0n) is 26.9. The molecule has 0 spiro atoms. The van der Waals surface area contributed by atoms with Gasteiger partial charge in [-0.15, -0.1) is 11.3 Å². The summed E-state index contributed by atoms with van der Waals surface area (Å²) in [6.45, 7) is 0. The summed E-state index contributed by atoms with van der Waals surface area (Å²) in [4.78, 5) is 20.0. The minimum Gasteiger partial charge on any atom is -0.456 e. The summed E-state index contributed by atoms with van der Waals surface area (Å²) in [7, 11) is 0. The summed E-state index contributed by atoms with van der Waals surface area (Å²) in [6.07, 6.45) is 0. The summed E-state index contributed by atoms with van der Waals surface area (Å²) < 4.78 is 15.3. The maximum atomic E-state index is 6.47. The molecule has 0 aliphatic rings. The summed E-state index contributed by atoms with van der Waals surface area (Å²) in [5, 5.41) is 6.46. The molecular weight excluding hydrogens is 649 g/mol. The summed E-state index contributed by atoms with van der Waals surface area (Å²) >= 11 is 1.78. The second kappa shape index (κ2) is 10.9. The minimum atomic E-state index is 0.577. The van der Waals surface area contributed by atoms with Crippen molar-refractivity contribution in [1.82, 2.24) is 19.9 Å². The molecule has 0 amide bonds. The molecule has 0 atom stereocenters. The fraction of sp³-hybridized carbons (Fsp3) is 0. The van der Waals surface area contributed by atoms with Gasteiger partial charge >= 0.3 is 0 Å². The van der Waals surface area contributed by atoms with E-state index in [1.54, 1.807) is 11.3 Å². The van der Waals surface area contributed by atoms with Crippen LogP contribution < -0.4 is 0 Å². The first kappa shape index (κ1) is 28.2. The monoisotopic (exact) mass is 672 g/mol. The van der Waals surface area contributed by atoms with Crippen LogP contribution in [-0.4, -0.2) is 19.9 Å². The number of hydrogen-bond donors (Lipinski definition) is 0. The van der Waals surface area contributed by atoms with Gasteiger partial charge < -0.3 is 8.83 Å². The Morgan fingerprint density at radius 1 is 0.412 bits per heavy atom. The van der Waals surface area contributed by atoms with Crippen molar-refractivity contribution in [2.45, 2.75) is 0 Å². The summed E-state index contributed by atoms with van der Waals surface area (Å²) in [5.74, 6) is 2.42. The van der Waals surface area contributed by atoms with Crippen LogP contribution in [0.4, 0.5) is 0 Å². The van der Waals surface area contributed by atoms with E-state index >= 15 is 0 Å². The van der Waals surface area contributed by atoms with Gasteiger partial charge in [0, 0.05) is 47.8 Å². The second-order valence-corrected chi connectivity index (χ2v) is 13.7. The third-order valence-corrected chi connectivity index (χ3v) is 10.7. The molecule has 7 heteroatoms. The fourth-order valence-electron chi connectivity index (χ4n) is 7.12. The van der Waals surface area contributed by atoms with Crippen LogP contribution in [0.3, 0.4) is 0 Å². The molecule has 0 unspecified atom stereocenters. The highest BCUT2D eigenvalue weighted by Crippen LogP contribution is 2.41. The number of fused-ring (bicyclic) bond motifs is 10. The predicted octanol–water partition coefficient (Wildman–Crippen LogP) is 12.1. The van der Waals surface area contributed by atoms with Gasteiger partial charge in [0.1, 0.15) is 16.7 Å². The average Bonchev–Trinajstić information content (AvgIpc) is 3.91. The summed E-state index contributed by atoms with van der Waals surface area (Å²) in [6, 6.07) is 49.5. The standard InChI is InChI=1S/C44H24N4O2S/c1-3-9-26(10-4-1)41-46-42(48-43(47-41)29-17-19-31-30-13-7-8-14-36(30)51-37(31)24-29)28-16-15-25-18-21-34-38(32(25)23-28)39-35(49-34)22-20-33-40(39)50-44(45-33)27-11-5-2-6-12-27/h1-24H. The first-order valence-electron chi connectivity index (χ1n) is 16.7. The van der Waals surface area contributed by atoms with E-state index in [1.807, 2.05) is 78.9 Å². The van der Waals surface area contributed by atoms with E-state index in [-0.39, 0.29) is 0 Å². The molecule has 0 saturated carbocycles. The highest BCUT2D eigenvalue weighted by Gasteiger charge is 2.20. The number of aromatic nitrogens is 4. The highest BCUT2D eigenvalue weighted by molar-refractivity contribution is 7.25. The zero-order chi connectivity index (χ0) is 33.5. The van der Waals surface area contributed by atoms with Crippen molar-refractivity contribution in [3.05, 3.63) is 146 Å². The van der Waals surface area contributed by atoms with Gasteiger partial charge in [-0.05, 0) is 59.3 Å². The Morgan fingerprint density at radius 3 is 1.86 bits per heavy atom. The maximum Gasteiger partial charge on any atom is 0.227 e. The van der Waals surface area contributed by atoms with E-state index in [9.17, 15) is 0 Å². The lowest BCUT2D eigenvalue weighted by atomic mass is 10.0. The van der Waals surface area contributed by atoms with Gasteiger partial charge in [-0.2, -0.15) is 0 Å². The second-order valence-electron chi connectivity index (χ2n) is 12.6. The van der Waals surface area contributed by atoms with Crippen molar-refractivity contribution in [3.8, 4) is 45.6 Å². The van der Waals surface area contributed by atoms with Gasteiger partial charge in [-0.3, -0.25) is 0 Å². The molecule has 4 aromatic heterocycles. The van der Waals surface area contributed by atoms with Crippen LogP contribution in [0.25, 0.3) is 110 Å². The van der Waals surface area contributed by atoms with Crippen molar-refractivity contribution in [1.29, 1.82) is 0 Å². The SMILES string of the molecule is c1ccc(-c2nc(-c3ccc4c(c3)sc3ccccc34)nc(-c3ccc4ccc5oc6ccc7nc(-c8ccccc8)oc7c6c5c4c3)n2)cc1. The molecule has 0 N–H and O–H groups in total. The molecule has 0 aliphatic heterocycles. The Morgan fingerprint density at radius 2 is 1.04 bits per heavy atom. The van der Waals surface area contributed by atoms with E-state index in [0.717, 1.165) is 60.5 Å². The normalized spacial score (nSPS) is 11.9. The molecule has 0 radical (unpaired) electrons. The predicted molar refractivity (Wildman–Crippen MR) is 207 cm³/mol. The van der Waals surface area contributed by atoms with E-state index in [1.165, 1.54) is 20.2 Å². The zero-order valence-corrected chi connectivity index (χ0v) is 27.7. The number of thiophene rings is 1. The van der Waals surface area contributed by atoms with Crippen LogP contribution in [-0.2, 0) is 0 Å². The van der Waals surface area contributed by atoms with Crippen LogP contribution in [0.15, 0.2) is 154 Å². The molecule has 0 aliphatic carbocycles. The highest BCUT2D eigenvalue weighted by atomic mass is 32.1. The van der Waals surface area contributed by atoms with Crippen LogP contribution in [0.1, 0.15) is 0 Å². The maximum absolute atomic E-state index is 6.47. The number of furan rings is 1. The van der Waals surface area contributed by atoms with Crippen molar-refractivity contribution >= 4 is 75.3 Å². The van der Waals surface area contributed by atoms with E-state index < -0.39 is 0 Å². The van der Waals surface area contributed by atoms with Crippen molar-refractivity contribution in [3.63, 3.8) is 0 Å². The molecule has 51 heavy (non-hydrogen) atoms. The third kappa shape index (κ3) is 4.49. The lowest BCUT2D eigenvalue weighted by molar-refractivity contribution is 0.622. The Labute approximate surface area is 294 Å². The summed E-state index contributed by atoms with van der Waals surface area (Å²) in [5.41, 5.74) is 6.68. The van der Waals surface area contributed by atoms with Gasteiger partial charge in [-0.1, -0.05) is 97.1 Å². The molecule has 0 fully saturated rings. The van der Waals surface area contributed by atoms with Gasteiger partial charge in [0.05, 0.1) is 5.39 Å². The fourth-order valence-corrected chi connectivity index (χ4v) is 8.26. The van der Waals surface area contributed by atoms with Crippen molar-refractivity contribution in [2.24, 2.45) is 0 Å². The van der Waals surface area contributed by atoms with E-state index in [2.05, 4.69) is 66.7 Å². The molecule has 7 aromatic carbocycles. The molecule has 4 heterocycles. The first-order chi connectivity index (χ1) is 25.2. The van der Waals surface area contributed by atoms with Crippen molar-refractivity contribution < 1.29 is 8.83 Å². The number of benzene rings is 7. The molecule has 0 saturated heterocycles. The smallest absolute Gasteiger partial charge is 0.227 e. The Balaban J connectivity index is 1.13. The van der Waals surface area contributed by atoms with Crippen LogP contribution in [0, 0.1) is 0 Å². The van der Waals surface area contributed by atoms with Gasteiger partial charge in [0.2, 0.25) is 5.89 Å². The van der Waals surface area contributed by atoms with Gasteiger partial charge in [0.25, 0.3) is 0 Å². The minimum absolute atomic E-state index is 0.577. The molecule has 11 rings (SSSR count). The third-order valence-electron chi connectivity index (χ3n) is 9.56. The number of rotatable bonds is 4. The van der Waals surface area contributed by atoms with E-state index in [4.69, 9.17) is 28.8 Å². The first-order valence-corrected chi connectivity index (χ1v) is 17.5. The Hall–Kier alpha value is -6.70. The van der Waals surface area contributed by atoms with Crippen LogP contribution in [0.5, 0.6) is 0 Å². The molecule has 6 nitrogen and oxygen atoms in total. The lowest BCUT2D eigenvalue weighted by Gasteiger charge is -2.09. The molecule has 0 bridgehead atoms. The van der Waals surface area contributed by atoms with Gasteiger partial charge in [0.15, 0.2) is 23.1 Å². The number of oxazole rings is 1. The van der Waals surface area contributed by atoms with Crippen LogP contribution >= 0.6 is 11.3 Å². The Kier molecular flexibility index (Phi) is 6.02. The molecule has 238 valence electrons. The quantitative estimate of drug-likeness (QED) is 0.185. The number of hydrogen-bond acceptors (Lipinski definition) is 7. The molecular formula is C44H24N4O2S. The topological polar surface area (TPSA) is 77.8 Å². The lowest BCUT2D eigenvalue weighted by Crippen LogP contribution is -2.00. The average molecular weight is 673 g/mol.